The molecule has 2 rings (SSSR count). The normalized spacial score (nSPS) is 32.1. The first-order chi connectivity index (χ1) is 9.11. The molecule has 4 heteroatoms. The molecule has 0 aromatic carbocycles. The van der Waals surface area contributed by atoms with Crippen molar-refractivity contribution in [3.63, 3.8) is 0 Å². The van der Waals surface area contributed by atoms with Crippen molar-refractivity contribution in [3.05, 3.63) is 0 Å². The van der Waals surface area contributed by atoms with E-state index in [9.17, 15) is 0 Å². The van der Waals surface area contributed by atoms with Crippen molar-refractivity contribution < 1.29 is 0 Å². The lowest BCUT2D eigenvalue weighted by molar-refractivity contribution is 0.110. The van der Waals surface area contributed by atoms with Gasteiger partial charge in [0.1, 0.15) is 0 Å². The molecule has 0 unspecified atom stereocenters. The molecule has 2 fully saturated rings. The minimum atomic E-state index is 0.0758. The predicted octanol–water partition coefficient (Wildman–Crippen LogP) is 3.44. The Bertz CT molecular complexity index is 303. The van der Waals surface area contributed by atoms with Gasteiger partial charge >= 0.3 is 0 Å². The number of thioether (sulfide) groups is 1. The average molecular weight is 301 g/mol. The number of rotatable bonds is 4. The molecule has 0 aromatic rings. The van der Waals surface area contributed by atoms with Crippen LogP contribution in [0.15, 0.2) is 0 Å². The first-order valence-corrected chi connectivity index (χ1v) is 9.33. The maximum absolute atomic E-state index is 5.96. The quantitative estimate of drug-likeness (QED) is 0.805. The number of nitrogens with zero attached hydrogens (tertiary/aromatic N) is 1. The summed E-state index contributed by atoms with van der Waals surface area (Å²) in [6, 6.07) is 0.828. The molecule has 1 saturated heterocycles. The van der Waals surface area contributed by atoms with Gasteiger partial charge < -0.3 is 10.6 Å². The third-order valence-electron chi connectivity index (χ3n) is 5.36. The van der Waals surface area contributed by atoms with Crippen molar-refractivity contribution in [1.82, 2.24) is 4.90 Å². The largest absolute Gasteiger partial charge is 0.392 e. The highest BCUT2D eigenvalue weighted by atomic mass is 32.2. The van der Waals surface area contributed by atoms with Gasteiger partial charge in [-0.1, -0.05) is 25.6 Å². The van der Waals surface area contributed by atoms with Gasteiger partial charge in [-0.3, -0.25) is 0 Å². The maximum atomic E-state index is 5.96. The Morgan fingerprint density at radius 1 is 1.26 bits per heavy atom. The molecule has 1 aliphatic carbocycles. The van der Waals surface area contributed by atoms with E-state index < -0.39 is 0 Å². The van der Waals surface area contributed by atoms with Gasteiger partial charge in [0, 0.05) is 19.1 Å². The number of piperidine rings is 1. The SMILES string of the molecule is CCC1CCC(N2CCC(SC)(C(N)=S)CC2)CC1. The molecule has 0 radical (unpaired) electrons. The van der Waals surface area contributed by atoms with E-state index in [-0.39, 0.29) is 4.75 Å². The number of likely N-dealkylation sites (tertiary alicyclic amines) is 1. The average Bonchev–Trinajstić information content (AvgIpc) is 2.47. The molecule has 2 N–H and O–H groups in total. The van der Waals surface area contributed by atoms with E-state index in [2.05, 4.69) is 18.1 Å². The summed E-state index contributed by atoms with van der Waals surface area (Å²) < 4.78 is 0.0758. The summed E-state index contributed by atoms with van der Waals surface area (Å²) in [7, 11) is 0. The molecule has 0 atom stereocenters. The minimum Gasteiger partial charge on any atom is -0.392 e. The molecule has 1 saturated carbocycles. The maximum Gasteiger partial charge on any atom is 0.0891 e. The molecular weight excluding hydrogens is 272 g/mol. The molecule has 0 bridgehead atoms. The van der Waals surface area contributed by atoms with Gasteiger partial charge in [-0.05, 0) is 50.7 Å². The van der Waals surface area contributed by atoms with Crippen LogP contribution in [-0.2, 0) is 0 Å². The monoisotopic (exact) mass is 300 g/mol. The van der Waals surface area contributed by atoms with Crippen LogP contribution in [0.5, 0.6) is 0 Å². The van der Waals surface area contributed by atoms with Crippen LogP contribution in [0.2, 0.25) is 0 Å². The van der Waals surface area contributed by atoms with Crippen LogP contribution in [0.25, 0.3) is 0 Å². The van der Waals surface area contributed by atoms with Gasteiger partial charge in [0.2, 0.25) is 0 Å². The summed E-state index contributed by atoms with van der Waals surface area (Å²) in [5.41, 5.74) is 5.96. The molecule has 0 aromatic heterocycles. The second kappa shape index (κ2) is 6.77. The number of hydrogen-bond donors (Lipinski definition) is 1. The highest BCUT2D eigenvalue weighted by Crippen LogP contribution is 2.37. The van der Waals surface area contributed by atoms with E-state index in [4.69, 9.17) is 18.0 Å². The molecule has 19 heavy (non-hydrogen) atoms. The van der Waals surface area contributed by atoms with Crippen LogP contribution in [0, 0.1) is 5.92 Å². The Morgan fingerprint density at radius 3 is 2.26 bits per heavy atom. The fourth-order valence-corrected chi connectivity index (χ4v) is 4.97. The summed E-state index contributed by atoms with van der Waals surface area (Å²) in [4.78, 5) is 3.42. The molecule has 1 heterocycles. The second-order valence-electron chi connectivity index (χ2n) is 6.18. The van der Waals surface area contributed by atoms with Crippen molar-refractivity contribution in [2.24, 2.45) is 11.7 Å². The number of thiocarbonyl (C=S) groups is 1. The summed E-state index contributed by atoms with van der Waals surface area (Å²) in [6.07, 6.45) is 11.5. The summed E-state index contributed by atoms with van der Waals surface area (Å²) in [5.74, 6) is 0.989. The molecular formula is C15H28N2S2. The Hall–Kier alpha value is 0.200. The van der Waals surface area contributed by atoms with Crippen LogP contribution in [0.3, 0.4) is 0 Å². The van der Waals surface area contributed by atoms with E-state index in [0.29, 0.717) is 4.99 Å². The van der Waals surface area contributed by atoms with Gasteiger partial charge in [0.05, 0.1) is 9.74 Å². The van der Waals surface area contributed by atoms with Crippen molar-refractivity contribution >= 4 is 29.0 Å². The fraction of sp³-hybridized carbons (Fsp3) is 0.933. The Kier molecular flexibility index (Phi) is 5.55. The molecule has 110 valence electrons. The highest BCUT2D eigenvalue weighted by molar-refractivity contribution is 8.02. The Labute approximate surface area is 127 Å². The van der Waals surface area contributed by atoms with Crippen LogP contribution in [-0.4, -0.2) is 40.0 Å². The molecule has 0 amide bonds. The van der Waals surface area contributed by atoms with Crippen LogP contribution in [0.1, 0.15) is 51.9 Å². The van der Waals surface area contributed by atoms with Crippen molar-refractivity contribution in [3.8, 4) is 0 Å². The second-order valence-corrected chi connectivity index (χ2v) is 7.81. The van der Waals surface area contributed by atoms with E-state index in [1.54, 1.807) is 0 Å². The zero-order valence-electron chi connectivity index (χ0n) is 12.4. The smallest absolute Gasteiger partial charge is 0.0891 e. The van der Waals surface area contributed by atoms with Gasteiger partial charge in [-0.25, -0.2) is 0 Å². The van der Waals surface area contributed by atoms with E-state index in [1.165, 1.54) is 45.2 Å². The Morgan fingerprint density at radius 2 is 1.84 bits per heavy atom. The van der Waals surface area contributed by atoms with Gasteiger partial charge in [0.15, 0.2) is 0 Å². The first kappa shape index (κ1) is 15.6. The minimum absolute atomic E-state index is 0.0758. The lowest BCUT2D eigenvalue weighted by Gasteiger charge is -2.44. The zero-order valence-corrected chi connectivity index (χ0v) is 14.0. The lowest BCUT2D eigenvalue weighted by atomic mass is 9.83. The Balaban J connectivity index is 1.85. The first-order valence-electron chi connectivity index (χ1n) is 7.70. The van der Waals surface area contributed by atoms with Gasteiger partial charge in [-0.15, -0.1) is 0 Å². The summed E-state index contributed by atoms with van der Waals surface area (Å²) in [6.45, 7) is 4.69. The van der Waals surface area contributed by atoms with Crippen LogP contribution in [0.4, 0.5) is 0 Å². The van der Waals surface area contributed by atoms with Crippen LogP contribution >= 0.6 is 24.0 Å². The number of nitrogens with two attached hydrogens (primary N) is 1. The number of hydrogen-bond acceptors (Lipinski definition) is 3. The topological polar surface area (TPSA) is 29.3 Å². The van der Waals surface area contributed by atoms with Crippen molar-refractivity contribution in [2.45, 2.75) is 62.7 Å². The standard InChI is InChI=1S/C15H28N2S2/c1-3-12-4-6-13(7-5-12)17-10-8-15(19-2,9-11-17)14(16)18/h12-13H,3-11H2,1-2H3,(H2,16,18). The highest BCUT2D eigenvalue weighted by Gasteiger charge is 2.38. The van der Waals surface area contributed by atoms with Crippen molar-refractivity contribution in [2.75, 3.05) is 19.3 Å². The van der Waals surface area contributed by atoms with E-state index >= 15 is 0 Å². The molecule has 2 aliphatic rings. The van der Waals surface area contributed by atoms with Gasteiger partial charge in [-0.2, -0.15) is 11.8 Å². The van der Waals surface area contributed by atoms with Gasteiger partial charge in [0.25, 0.3) is 0 Å². The zero-order chi connectivity index (χ0) is 13.9. The van der Waals surface area contributed by atoms with E-state index in [1.807, 2.05) is 11.8 Å². The lowest BCUT2D eigenvalue weighted by Crippen LogP contribution is -2.52. The predicted molar refractivity (Wildman–Crippen MR) is 89.9 cm³/mol. The van der Waals surface area contributed by atoms with E-state index in [0.717, 1.165) is 24.8 Å². The third kappa shape index (κ3) is 3.45. The van der Waals surface area contributed by atoms with Crippen LogP contribution < -0.4 is 5.73 Å². The molecule has 0 spiro atoms. The molecule has 1 aliphatic heterocycles. The summed E-state index contributed by atoms with van der Waals surface area (Å²) >= 11 is 7.15. The fourth-order valence-electron chi connectivity index (χ4n) is 3.72. The van der Waals surface area contributed by atoms with Crippen molar-refractivity contribution in [1.29, 1.82) is 0 Å². The summed E-state index contributed by atoms with van der Waals surface area (Å²) in [5, 5.41) is 0. The third-order valence-corrected chi connectivity index (χ3v) is 7.29. The molecule has 2 nitrogen and oxygen atoms in total.